The second kappa shape index (κ2) is 44.8. The van der Waals surface area contributed by atoms with Gasteiger partial charge in [0.2, 0.25) is 0 Å². The molecule has 8 N–H and O–H groups in total. The SMILES string of the molecule is CCn1c2ccccc2c(=O)c2cc([S+](c3ccc(O)cc3)c3ccc(O)cc3)ccc21.Cn1c2ccccc2c(=O)c2cc([S+](c3ccc(Sc4ccc(O)cc4)cc3)c3ccc(Sc4ccc(O)cc4)cc3)ccc21.O=c1c2ccccc2n(C2CCCCC2)c2ccc([S+](c3ccc(O)cc3)c3ccc(O)cc3)cc12.O=c1c2ccccc2n(CC2CCCCC2)c2ccc([S+](c3ccc(O)cc3)c3ccc(O)cc3)cc12. The molecule has 2 aliphatic carbocycles. The first-order valence-electron chi connectivity index (χ1n) is 50.2. The second-order valence-corrected chi connectivity index (χ2v) is 47.9. The highest BCUT2D eigenvalue weighted by Gasteiger charge is 2.37. The first-order chi connectivity index (χ1) is 73.2. The summed E-state index contributed by atoms with van der Waals surface area (Å²) < 4.78 is 9.05. The van der Waals surface area contributed by atoms with Gasteiger partial charge in [-0.25, -0.2) is 0 Å². The van der Waals surface area contributed by atoms with Gasteiger partial charge in [-0.3, -0.25) is 19.2 Å². The van der Waals surface area contributed by atoms with E-state index in [-0.39, 0.29) is 67.7 Å². The van der Waals surface area contributed by atoms with Gasteiger partial charge in [-0.1, -0.05) is 111 Å². The summed E-state index contributed by atoms with van der Waals surface area (Å²) >= 11 is 3.30. The van der Waals surface area contributed by atoms with Crippen molar-refractivity contribution in [2.45, 2.75) is 169 Å². The Morgan fingerprint density at radius 2 is 0.447 bits per heavy atom. The summed E-state index contributed by atoms with van der Waals surface area (Å²) in [7, 11) is 0.0133. The average Bonchev–Trinajstić information content (AvgIpc) is 0.757. The summed E-state index contributed by atoms with van der Waals surface area (Å²) in [6, 6.07) is 132. The molecule has 2 aliphatic rings. The standard InChI is InChI=1S/C38H27NO3S3.C32H29NO3S.C31H27NO3S.C27H21NO3S/c1-39-36-5-3-2-4-34(36)38(42)35-24-33(22-23-37(35)39)45(31-18-14-29(15-19-31)43-27-10-6-25(40)7-11-27)32-20-16-30(17-21-32)44-28-12-8-26(41)9-13-28;34-23-10-14-25(15-11-23)37(26-16-12-24(35)13-17-26)27-18-19-31-29(20-27)32(36)28-8-4-5-9-30(28)33(31)21-22-6-2-1-3-7-22;33-22-10-14-24(15-11-22)36(25-16-12-23(34)13-17-25)26-18-19-30-28(20-26)31(35)27-8-4-5-9-29(27)32(30)21-6-2-1-3-7-21;1-2-28-25-6-4-3-5-23(25)27(31)24-17-22(15-16-26(24)28)32(20-11-7-18(29)8-12-20)21-13-9-19(30)10-14-21/h2-24H,1H3,(H-,40,41);4-5,8-20,22H,1-3,6-7,21H2,(H-,34,35);4-5,8-21H,1-3,6-7H2,(H-,33,34);3-17H,2H2,1H3,(H-,29,30)/p+4. The molecule has 0 bridgehead atoms. The molecule has 0 amide bonds. The molecule has 22 aromatic rings. The highest BCUT2D eigenvalue weighted by atomic mass is 32.2. The van der Waals surface area contributed by atoms with Gasteiger partial charge < -0.3 is 59.1 Å². The molecule has 0 atom stereocenters. The predicted octanol–water partition coefficient (Wildman–Crippen LogP) is 29.6. The third-order valence-corrected chi connectivity index (χ3v) is 38.8. The van der Waals surface area contributed by atoms with Crippen molar-refractivity contribution >= 4 is 154 Å². The van der Waals surface area contributed by atoms with E-state index >= 15 is 0 Å². The molecule has 0 saturated heterocycles. The number of aryl methyl sites for hydroxylation is 2. The fourth-order valence-electron chi connectivity index (χ4n) is 20.6. The van der Waals surface area contributed by atoms with Crippen molar-refractivity contribution in [2.24, 2.45) is 13.0 Å². The third kappa shape index (κ3) is 21.4. The number of hydrogen-bond donors (Lipinski definition) is 8. The number of phenols is 8. The van der Waals surface area contributed by atoms with Gasteiger partial charge in [0.15, 0.2) is 80.5 Å². The molecule has 150 heavy (non-hydrogen) atoms. The minimum absolute atomic E-state index is 0.0297. The van der Waals surface area contributed by atoms with Gasteiger partial charge in [0.05, 0.1) is 109 Å². The molecule has 22 heteroatoms. The van der Waals surface area contributed by atoms with Gasteiger partial charge in [-0.2, -0.15) is 0 Å². The van der Waals surface area contributed by atoms with Crippen molar-refractivity contribution in [3.8, 4) is 46.0 Å². The predicted molar refractivity (Wildman–Crippen MR) is 613 cm³/mol. The summed E-state index contributed by atoms with van der Waals surface area (Å²) in [5.41, 5.74) is 7.90. The van der Waals surface area contributed by atoms with Gasteiger partial charge in [0, 0.05) is 91.6 Å². The van der Waals surface area contributed by atoms with Crippen molar-refractivity contribution in [1.29, 1.82) is 0 Å². The van der Waals surface area contributed by atoms with E-state index < -0.39 is 43.6 Å². The molecule has 0 aliphatic heterocycles. The zero-order chi connectivity index (χ0) is 103. The van der Waals surface area contributed by atoms with E-state index in [4.69, 9.17) is 0 Å². The van der Waals surface area contributed by atoms with E-state index in [9.17, 15) is 60.0 Å². The lowest BCUT2D eigenvalue weighted by atomic mass is 9.89. The van der Waals surface area contributed by atoms with Crippen LogP contribution in [0.15, 0.2) is 510 Å². The van der Waals surface area contributed by atoms with E-state index in [2.05, 4.69) is 147 Å². The van der Waals surface area contributed by atoms with Crippen LogP contribution >= 0.6 is 23.5 Å². The van der Waals surface area contributed by atoms with Crippen LogP contribution in [0.25, 0.3) is 87.2 Å². The van der Waals surface area contributed by atoms with Gasteiger partial charge >= 0.3 is 0 Å². The Morgan fingerprint density at radius 1 is 0.233 bits per heavy atom. The fourth-order valence-corrected chi connectivity index (χ4v) is 30.5. The maximum atomic E-state index is 13.8. The van der Waals surface area contributed by atoms with Crippen LogP contribution in [0.3, 0.4) is 0 Å². The minimum Gasteiger partial charge on any atom is -0.508 e. The fraction of sp³-hybridized carbons (Fsp3) is 0.125. The molecule has 18 aromatic carbocycles. The summed E-state index contributed by atoms with van der Waals surface area (Å²) in [5.74, 6) is 2.42. The number of phenolic OH excluding ortho intramolecular Hbond substituents is 8. The number of nitrogens with zero attached hydrogens (tertiary/aromatic N) is 4. The van der Waals surface area contributed by atoms with E-state index in [1.54, 1.807) is 121 Å². The van der Waals surface area contributed by atoms with Gasteiger partial charge in [0.1, 0.15) is 46.0 Å². The summed E-state index contributed by atoms with van der Waals surface area (Å²) in [4.78, 5) is 71.6. The number of aromatic nitrogens is 4. The molecule has 0 spiro atoms. The first kappa shape index (κ1) is 100. The number of para-hydroxylation sites is 4. The zero-order valence-corrected chi connectivity index (χ0v) is 87.2. The molecular weight excluding hydrogens is 1980 g/mol. The van der Waals surface area contributed by atoms with E-state index in [0.717, 1.165) is 175 Å². The zero-order valence-electron chi connectivity index (χ0n) is 82.3. The second-order valence-electron chi connectivity index (χ2n) is 37.5. The molecular formula is C128H108N4O12S6+4. The molecule has 744 valence electrons. The number of fused-ring (bicyclic) bond motifs is 8. The molecule has 0 unspecified atom stereocenters. The Morgan fingerprint density at radius 3 is 0.780 bits per heavy atom. The van der Waals surface area contributed by atoms with Crippen molar-refractivity contribution in [3.63, 3.8) is 0 Å². The molecule has 24 rings (SSSR count). The molecule has 0 radical (unpaired) electrons. The lowest BCUT2D eigenvalue weighted by molar-refractivity contribution is 0.325. The summed E-state index contributed by atoms with van der Waals surface area (Å²) in [6.07, 6.45) is 12.4. The lowest BCUT2D eigenvalue weighted by Crippen LogP contribution is -2.18. The normalized spacial score (nSPS) is 12.9. The monoisotopic (exact) mass is 2080 g/mol. The third-order valence-electron chi connectivity index (χ3n) is 27.9. The Bertz CT molecular complexity index is 8760. The van der Waals surface area contributed by atoms with E-state index in [0.29, 0.717) is 28.1 Å². The van der Waals surface area contributed by atoms with Crippen molar-refractivity contribution < 1.29 is 40.9 Å². The van der Waals surface area contributed by atoms with Gasteiger partial charge in [-0.05, 0) is 378 Å². The molecule has 2 saturated carbocycles. The molecule has 16 nitrogen and oxygen atoms in total. The van der Waals surface area contributed by atoms with Crippen LogP contribution in [-0.4, -0.2) is 59.1 Å². The van der Waals surface area contributed by atoms with Gasteiger partial charge in [-0.15, -0.1) is 0 Å². The summed E-state index contributed by atoms with van der Waals surface area (Å²) in [6.45, 7) is 3.78. The largest absolute Gasteiger partial charge is 0.508 e. The maximum absolute atomic E-state index is 13.8. The Hall–Kier alpha value is -15.7. The van der Waals surface area contributed by atoms with Crippen molar-refractivity contribution in [1.82, 2.24) is 18.3 Å². The topological polar surface area (TPSA) is 250 Å². The highest BCUT2D eigenvalue weighted by molar-refractivity contribution is 8.00. The molecule has 4 aromatic heterocycles. The van der Waals surface area contributed by atoms with Crippen LogP contribution in [0.1, 0.15) is 77.2 Å². The van der Waals surface area contributed by atoms with Gasteiger partial charge in [0.25, 0.3) is 0 Å². The van der Waals surface area contributed by atoms with Crippen molar-refractivity contribution in [2.75, 3.05) is 0 Å². The number of hydrogen-bond acceptors (Lipinski definition) is 14. The maximum Gasteiger partial charge on any atom is 0.197 e. The van der Waals surface area contributed by atoms with E-state index in [1.165, 1.54) is 51.4 Å². The first-order valence-corrected chi connectivity index (χ1v) is 56.8. The van der Waals surface area contributed by atoms with Crippen molar-refractivity contribution in [3.05, 3.63) is 453 Å². The van der Waals surface area contributed by atoms with Crippen LogP contribution in [0.5, 0.6) is 46.0 Å². The Balaban J connectivity index is 0.000000118. The van der Waals surface area contributed by atoms with Crippen LogP contribution in [0.2, 0.25) is 0 Å². The van der Waals surface area contributed by atoms with Crippen LogP contribution in [0, 0.1) is 5.92 Å². The minimum atomic E-state index is -0.512. The number of benzene rings is 18. The number of pyridine rings is 4. The lowest BCUT2D eigenvalue weighted by Gasteiger charge is -2.28. The Kier molecular flexibility index (Phi) is 29.9. The molecule has 4 heterocycles. The molecule has 2 fully saturated rings. The van der Waals surface area contributed by atoms with E-state index in [1.807, 2.05) is 201 Å². The van der Waals surface area contributed by atoms with Crippen LogP contribution < -0.4 is 21.7 Å². The number of rotatable bonds is 20. The Labute approximate surface area is 887 Å². The number of aromatic hydroxyl groups is 8. The van der Waals surface area contributed by atoms with Crippen LogP contribution in [-0.2, 0) is 63.7 Å². The average molecular weight is 2090 g/mol. The summed E-state index contributed by atoms with van der Waals surface area (Å²) in [5, 5.41) is 84.2. The quantitative estimate of drug-likeness (QED) is 0.0261. The highest BCUT2D eigenvalue weighted by Crippen LogP contribution is 2.45. The smallest absolute Gasteiger partial charge is 0.197 e. The van der Waals surface area contributed by atoms with Crippen LogP contribution in [0.4, 0.5) is 0 Å².